The molecule has 1 rings (SSSR count). The summed E-state index contributed by atoms with van der Waals surface area (Å²) in [4.78, 5) is 2.42. The van der Waals surface area contributed by atoms with Gasteiger partial charge in [-0.1, -0.05) is 0 Å². The molecular formula is C9H20N2O2S2. The summed E-state index contributed by atoms with van der Waals surface area (Å²) in [5.74, 6) is 2.07. The summed E-state index contributed by atoms with van der Waals surface area (Å²) in [6, 6.07) is 0. The summed E-state index contributed by atoms with van der Waals surface area (Å²) >= 11 is 1.73. The van der Waals surface area contributed by atoms with Crippen LogP contribution in [0.5, 0.6) is 0 Å². The maximum Gasteiger partial charge on any atom is 0.148 e. The fourth-order valence-electron chi connectivity index (χ4n) is 1.44. The van der Waals surface area contributed by atoms with Crippen molar-refractivity contribution < 1.29 is 8.42 Å². The number of nitrogens with zero attached hydrogens (tertiary/aromatic N) is 1. The zero-order valence-corrected chi connectivity index (χ0v) is 10.9. The number of sulfone groups is 1. The number of piperazine rings is 1. The molecule has 1 N–H and O–H groups in total. The van der Waals surface area contributed by atoms with Crippen molar-refractivity contribution in [1.82, 2.24) is 10.2 Å². The highest BCUT2D eigenvalue weighted by atomic mass is 32.2. The van der Waals surface area contributed by atoms with Gasteiger partial charge in [-0.2, -0.15) is 11.8 Å². The minimum absolute atomic E-state index is 0.305. The molecule has 15 heavy (non-hydrogen) atoms. The Bertz CT molecular complexity index is 261. The van der Waals surface area contributed by atoms with Crippen LogP contribution >= 0.6 is 11.8 Å². The second kappa shape index (κ2) is 6.73. The molecule has 1 heterocycles. The van der Waals surface area contributed by atoms with E-state index >= 15 is 0 Å². The van der Waals surface area contributed by atoms with Gasteiger partial charge in [0.25, 0.3) is 0 Å². The maximum atomic E-state index is 10.9. The van der Waals surface area contributed by atoms with Crippen molar-refractivity contribution in [2.24, 2.45) is 0 Å². The van der Waals surface area contributed by atoms with E-state index in [0.717, 1.165) is 44.2 Å². The highest BCUT2D eigenvalue weighted by Gasteiger charge is 2.08. The van der Waals surface area contributed by atoms with E-state index in [9.17, 15) is 8.42 Å². The monoisotopic (exact) mass is 252 g/mol. The molecule has 0 aromatic rings. The van der Waals surface area contributed by atoms with Gasteiger partial charge in [0.2, 0.25) is 0 Å². The third kappa shape index (κ3) is 7.16. The normalized spacial score (nSPS) is 19.3. The standard InChI is InChI=1S/C9H20N2O2S2/c1-15(12,13)9-8-14-7-6-11-4-2-10-3-5-11/h10H,2-9H2,1H3. The van der Waals surface area contributed by atoms with Crippen LogP contribution in [-0.2, 0) is 9.84 Å². The second-order valence-corrected chi connectivity index (χ2v) is 7.32. The lowest BCUT2D eigenvalue weighted by molar-refractivity contribution is 0.255. The molecule has 6 heteroatoms. The van der Waals surface area contributed by atoms with Crippen molar-refractivity contribution in [3.63, 3.8) is 0 Å². The van der Waals surface area contributed by atoms with Gasteiger partial charge in [-0.15, -0.1) is 0 Å². The Kier molecular flexibility index (Phi) is 5.96. The lowest BCUT2D eigenvalue weighted by Gasteiger charge is -2.26. The molecule has 4 nitrogen and oxygen atoms in total. The minimum Gasteiger partial charge on any atom is -0.314 e. The molecule has 0 unspecified atom stereocenters. The van der Waals surface area contributed by atoms with Gasteiger partial charge in [0.05, 0.1) is 5.75 Å². The zero-order valence-electron chi connectivity index (χ0n) is 9.24. The van der Waals surface area contributed by atoms with Gasteiger partial charge in [0.15, 0.2) is 0 Å². The highest BCUT2D eigenvalue weighted by Crippen LogP contribution is 2.03. The van der Waals surface area contributed by atoms with Gasteiger partial charge in [-0.05, 0) is 0 Å². The fraction of sp³-hybridized carbons (Fsp3) is 1.00. The van der Waals surface area contributed by atoms with Crippen LogP contribution in [0.4, 0.5) is 0 Å². The smallest absolute Gasteiger partial charge is 0.148 e. The van der Waals surface area contributed by atoms with Crippen molar-refractivity contribution in [2.75, 3.05) is 56.2 Å². The van der Waals surface area contributed by atoms with E-state index in [-0.39, 0.29) is 0 Å². The molecule has 0 aromatic heterocycles. The summed E-state index contributed by atoms with van der Waals surface area (Å²) in [6.45, 7) is 5.47. The molecule has 0 aromatic carbocycles. The molecule has 0 aliphatic carbocycles. The highest BCUT2D eigenvalue weighted by molar-refractivity contribution is 8.00. The maximum absolute atomic E-state index is 10.9. The zero-order chi connectivity index (χ0) is 11.1. The fourth-order valence-corrected chi connectivity index (χ4v) is 3.71. The van der Waals surface area contributed by atoms with Crippen LogP contribution in [0.3, 0.4) is 0 Å². The Morgan fingerprint density at radius 3 is 2.53 bits per heavy atom. The van der Waals surface area contributed by atoms with Crippen molar-refractivity contribution in [1.29, 1.82) is 0 Å². The number of nitrogens with one attached hydrogen (secondary N) is 1. The average molecular weight is 252 g/mol. The number of rotatable bonds is 6. The van der Waals surface area contributed by atoms with E-state index in [0.29, 0.717) is 5.75 Å². The van der Waals surface area contributed by atoms with Crippen LogP contribution < -0.4 is 5.32 Å². The van der Waals surface area contributed by atoms with E-state index < -0.39 is 9.84 Å². The summed E-state index contributed by atoms with van der Waals surface area (Å²) in [5.41, 5.74) is 0. The van der Waals surface area contributed by atoms with E-state index in [1.807, 2.05) is 0 Å². The van der Waals surface area contributed by atoms with Crippen LogP contribution in [0.25, 0.3) is 0 Å². The van der Waals surface area contributed by atoms with E-state index in [1.165, 1.54) is 6.26 Å². The first-order valence-corrected chi connectivity index (χ1v) is 8.48. The number of hydrogen-bond donors (Lipinski definition) is 1. The van der Waals surface area contributed by atoms with Gasteiger partial charge >= 0.3 is 0 Å². The predicted molar refractivity (Wildman–Crippen MR) is 66.3 cm³/mol. The lowest BCUT2D eigenvalue weighted by Crippen LogP contribution is -2.44. The number of thioether (sulfide) groups is 1. The molecule has 0 spiro atoms. The van der Waals surface area contributed by atoms with E-state index in [2.05, 4.69) is 10.2 Å². The molecular weight excluding hydrogens is 232 g/mol. The summed E-state index contributed by atoms with van der Waals surface area (Å²) in [5, 5.41) is 3.31. The Labute approximate surface area is 96.7 Å². The van der Waals surface area contributed by atoms with Gasteiger partial charge in [-0.25, -0.2) is 8.42 Å². The first-order valence-electron chi connectivity index (χ1n) is 5.26. The van der Waals surface area contributed by atoms with Crippen LogP contribution in [0.2, 0.25) is 0 Å². The Hall–Kier alpha value is 0.220. The van der Waals surface area contributed by atoms with Gasteiger partial charge < -0.3 is 5.32 Å². The largest absolute Gasteiger partial charge is 0.314 e. The quantitative estimate of drug-likeness (QED) is 0.656. The molecule has 1 saturated heterocycles. The Morgan fingerprint density at radius 1 is 1.27 bits per heavy atom. The molecule has 1 fully saturated rings. The van der Waals surface area contributed by atoms with Gasteiger partial charge in [0.1, 0.15) is 9.84 Å². The molecule has 0 bridgehead atoms. The summed E-state index contributed by atoms with van der Waals surface area (Å²) < 4.78 is 21.7. The minimum atomic E-state index is -2.77. The first kappa shape index (κ1) is 13.3. The van der Waals surface area contributed by atoms with E-state index in [1.54, 1.807) is 11.8 Å². The van der Waals surface area contributed by atoms with Crippen molar-refractivity contribution in [2.45, 2.75) is 0 Å². The van der Waals surface area contributed by atoms with Crippen LogP contribution in [0.15, 0.2) is 0 Å². The first-order chi connectivity index (χ1) is 7.08. The van der Waals surface area contributed by atoms with Crippen molar-refractivity contribution >= 4 is 21.6 Å². The van der Waals surface area contributed by atoms with Crippen LogP contribution in [0, 0.1) is 0 Å². The molecule has 1 aliphatic heterocycles. The third-order valence-corrected chi connectivity index (χ3v) is 4.53. The molecule has 0 atom stereocenters. The summed E-state index contributed by atoms with van der Waals surface area (Å²) in [6.07, 6.45) is 1.30. The third-order valence-electron chi connectivity index (χ3n) is 2.36. The van der Waals surface area contributed by atoms with Crippen LogP contribution in [0.1, 0.15) is 0 Å². The number of hydrogen-bond acceptors (Lipinski definition) is 5. The Morgan fingerprint density at radius 2 is 1.93 bits per heavy atom. The van der Waals surface area contributed by atoms with Crippen molar-refractivity contribution in [3.05, 3.63) is 0 Å². The van der Waals surface area contributed by atoms with Gasteiger partial charge in [-0.3, -0.25) is 4.90 Å². The summed E-state index contributed by atoms with van der Waals surface area (Å²) in [7, 11) is -2.77. The average Bonchev–Trinajstić information content (AvgIpc) is 2.17. The Balaban J connectivity index is 1.96. The van der Waals surface area contributed by atoms with E-state index in [4.69, 9.17) is 0 Å². The molecule has 0 saturated carbocycles. The SMILES string of the molecule is CS(=O)(=O)CCSCCN1CCNCC1. The lowest BCUT2D eigenvalue weighted by atomic mass is 10.4. The van der Waals surface area contributed by atoms with Gasteiger partial charge in [0, 0.05) is 50.5 Å². The molecule has 0 amide bonds. The second-order valence-electron chi connectivity index (χ2n) is 3.83. The predicted octanol–water partition coefficient (Wildman–Crippen LogP) is -0.331. The molecule has 0 radical (unpaired) electrons. The van der Waals surface area contributed by atoms with Crippen LogP contribution in [-0.4, -0.2) is 69.6 Å². The molecule has 90 valence electrons. The van der Waals surface area contributed by atoms with Crippen molar-refractivity contribution in [3.8, 4) is 0 Å². The topological polar surface area (TPSA) is 49.4 Å². The molecule has 1 aliphatic rings.